The summed E-state index contributed by atoms with van der Waals surface area (Å²) >= 11 is 0. The molecule has 0 fully saturated rings. The van der Waals surface area contributed by atoms with Crippen molar-refractivity contribution in [3.8, 4) is 5.88 Å². The summed E-state index contributed by atoms with van der Waals surface area (Å²) in [6.07, 6.45) is 6.28. The van der Waals surface area contributed by atoms with Gasteiger partial charge in [-0.3, -0.25) is 0 Å². The fourth-order valence-electron chi connectivity index (χ4n) is 1.53. The summed E-state index contributed by atoms with van der Waals surface area (Å²) in [4.78, 5) is 8.46. The van der Waals surface area contributed by atoms with Crippen LogP contribution in [0.25, 0.3) is 0 Å². The van der Waals surface area contributed by atoms with Crippen molar-refractivity contribution in [3.63, 3.8) is 0 Å². The normalized spacial score (nSPS) is 10.0. The highest BCUT2D eigenvalue weighted by Crippen LogP contribution is 2.23. The molecule has 0 amide bonds. The van der Waals surface area contributed by atoms with Crippen LogP contribution < -0.4 is 10.1 Å². The Balaban J connectivity index is 2.89. The molecule has 1 rings (SSSR count). The van der Waals surface area contributed by atoms with Gasteiger partial charge in [-0.2, -0.15) is 0 Å². The first-order chi connectivity index (χ1) is 8.33. The van der Waals surface area contributed by atoms with Gasteiger partial charge in [0.15, 0.2) is 0 Å². The lowest BCUT2D eigenvalue weighted by atomic mass is 10.1. The van der Waals surface area contributed by atoms with Crippen LogP contribution in [0.4, 0.5) is 5.82 Å². The molecule has 0 saturated heterocycles. The highest BCUT2D eigenvalue weighted by Gasteiger charge is 2.11. The van der Waals surface area contributed by atoms with E-state index < -0.39 is 0 Å². The molecule has 0 aliphatic carbocycles. The van der Waals surface area contributed by atoms with Crippen molar-refractivity contribution in [2.24, 2.45) is 0 Å². The molecule has 0 aliphatic rings. The SMILES string of the molecule is C=CCOc1ncnc(NCCC)c1CCC. The van der Waals surface area contributed by atoms with Gasteiger partial charge in [-0.15, -0.1) is 0 Å². The first kappa shape index (κ1) is 13.5. The summed E-state index contributed by atoms with van der Waals surface area (Å²) in [5.74, 6) is 1.56. The van der Waals surface area contributed by atoms with Crippen LogP contribution in [0, 0.1) is 0 Å². The van der Waals surface area contributed by atoms with E-state index in [1.54, 1.807) is 6.08 Å². The lowest BCUT2D eigenvalue weighted by molar-refractivity contribution is 0.343. The molecule has 1 heterocycles. The number of aromatic nitrogens is 2. The largest absolute Gasteiger partial charge is 0.473 e. The fourth-order valence-corrected chi connectivity index (χ4v) is 1.53. The van der Waals surface area contributed by atoms with Gasteiger partial charge in [-0.05, 0) is 12.8 Å². The minimum atomic E-state index is 0.473. The van der Waals surface area contributed by atoms with Gasteiger partial charge in [0.2, 0.25) is 5.88 Å². The Morgan fingerprint density at radius 1 is 1.35 bits per heavy atom. The van der Waals surface area contributed by atoms with Crippen molar-refractivity contribution >= 4 is 5.82 Å². The zero-order valence-electron chi connectivity index (χ0n) is 10.7. The van der Waals surface area contributed by atoms with Crippen molar-refractivity contribution < 1.29 is 4.74 Å². The van der Waals surface area contributed by atoms with E-state index in [-0.39, 0.29) is 0 Å². The molecule has 0 atom stereocenters. The van der Waals surface area contributed by atoms with E-state index in [1.807, 2.05) is 0 Å². The predicted octanol–water partition coefficient (Wildman–Crippen LogP) is 2.82. The van der Waals surface area contributed by atoms with Gasteiger partial charge < -0.3 is 10.1 Å². The molecule has 0 radical (unpaired) electrons. The van der Waals surface area contributed by atoms with Crippen molar-refractivity contribution in [2.75, 3.05) is 18.5 Å². The van der Waals surface area contributed by atoms with Crippen molar-refractivity contribution in [1.29, 1.82) is 0 Å². The van der Waals surface area contributed by atoms with E-state index in [2.05, 4.69) is 35.7 Å². The van der Waals surface area contributed by atoms with Crippen LogP contribution in [0.1, 0.15) is 32.3 Å². The number of anilines is 1. The molecule has 0 aromatic carbocycles. The molecule has 94 valence electrons. The number of nitrogens with zero attached hydrogens (tertiary/aromatic N) is 2. The van der Waals surface area contributed by atoms with Crippen molar-refractivity contribution in [2.45, 2.75) is 33.1 Å². The van der Waals surface area contributed by atoms with E-state index in [0.717, 1.165) is 37.2 Å². The van der Waals surface area contributed by atoms with Gasteiger partial charge in [-0.1, -0.05) is 32.9 Å². The second-order valence-electron chi connectivity index (χ2n) is 3.78. The highest BCUT2D eigenvalue weighted by molar-refractivity contribution is 5.48. The Kier molecular flexibility index (Phi) is 6.07. The van der Waals surface area contributed by atoms with Crippen molar-refractivity contribution in [1.82, 2.24) is 9.97 Å². The molecule has 1 aromatic rings. The zero-order valence-corrected chi connectivity index (χ0v) is 10.7. The molecule has 0 spiro atoms. The summed E-state index contributed by atoms with van der Waals surface area (Å²) < 4.78 is 5.55. The second kappa shape index (κ2) is 7.65. The summed E-state index contributed by atoms with van der Waals surface area (Å²) in [5, 5.41) is 3.31. The summed E-state index contributed by atoms with van der Waals surface area (Å²) in [6, 6.07) is 0. The van der Waals surface area contributed by atoms with E-state index in [0.29, 0.717) is 12.5 Å². The van der Waals surface area contributed by atoms with Crippen LogP contribution in [-0.2, 0) is 6.42 Å². The maximum Gasteiger partial charge on any atom is 0.222 e. The number of hydrogen-bond acceptors (Lipinski definition) is 4. The van der Waals surface area contributed by atoms with Gasteiger partial charge >= 0.3 is 0 Å². The minimum absolute atomic E-state index is 0.473. The molecular weight excluding hydrogens is 214 g/mol. The lowest BCUT2D eigenvalue weighted by Gasteiger charge is -2.13. The summed E-state index contributed by atoms with van der Waals surface area (Å²) in [5.41, 5.74) is 1.06. The van der Waals surface area contributed by atoms with Crippen LogP contribution in [0.5, 0.6) is 5.88 Å². The van der Waals surface area contributed by atoms with Gasteiger partial charge in [0, 0.05) is 6.54 Å². The van der Waals surface area contributed by atoms with Gasteiger partial charge in [0.05, 0.1) is 5.56 Å². The second-order valence-corrected chi connectivity index (χ2v) is 3.78. The first-order valence-electron chi connectivity index (χ1n) is 6.14. The maximum atomic E-state index is 5.55. The number of nitrogens with one attached hydrogen (secondary N) is 1. The van der Waals surface area contributed by atoms with Crippen molar-refractivity contribution in [3.05, 3.63) is 24.5 Å². The topological polar surface area (TPSA) is 47.0 Å². The number of rotatable bonds is 8. The van der Waals surface area contributed by atoms with Crippen LogP contribution in [0.15, 0.2) is 19.0 Å². The average molecular weight is 235 g/mol. The monoisotopic (exact) mass is 235 g/mol. The molecule has 1 N–H and O–H groups in total. The third-order valence-electron chi connectivity index (χ3n) is 2.29. The van der Waals surface area contributed by atoms with E-state index in [1.165, 1.54) is 6.33 Å². The van der Waals surface area contributed by atoms with Crippen LogP contribution in [0.3, 0.4) is 0 Å². The Labute approximate surface area is 103 Å². The van der Waals surface area contributed by atoms with Gasteiger partial charge in [-0.25, -0.2) is 9.97 Å². The number of ether oxygens (including phenoxy) is 1. The van der Waals surface area contributed by atoms with Gasteiger partial charge in [0.1, 0.15) is 18.8 Å². The van der Waals surface area contributed by atoms with Crippen LogP contribution in [-0.4, -0.2) is 23.1 Å². The molecule has 17 heavy (non-hydrogen) atoms. The Morgan fingerprint density at radius 3 is 2.82 bits per heavy atom. The average Bonchev–Trinajstić information content (AvgIpc) is 2.36. The zero-order chi connectivity index (χ0) is 12.5. The van der Waals surface area contributed by atoms with Crippen LogP contribution in [0.2, 0.25) is 0 Å². The third-order valence-corrected chi connectivity index (χ3v) is 2.29. The predicted molar refractivity (Wildman–Crippen MR) is 70.5 cm³/mol. The molecule has 0 bridgehead atoms. The Morgan fingerprint density at radius 2 is 2.18 bits per heavy atom. The molecule has 4 heteroatoms. The molecule has 0 aliphatic heterocycles. The van der Waals surface area contributed by atoms with E-state index in [4.69, 9.17) is 4.74 Å². The number of hydrogen-bond donors (Lipinski definition) is 1. The van der Waals surface area contributed by atoms with E-state index >= 15 is 0 Å². The molecular formula is C13H21N3O. The van der Waals surface area contributed by atoms with Crippen LogP contribution >= 0.6 is 0 Å². The smallest absolute Gasteiger partial charge is 0.222 e. The minimum Gasteiger partial charge on any atom is -0.473 e. The molecule has 4 nitrogen and oxygen atoms in total. The molecule has 1 aromatic heterocycles. The fraction of sp³-hybridized carbons (Fsp3) is 0.538. The Bertz CT molecular complexity index is 353. The lowest BCUT2D eigenvalue weighted by Crippen LogP contribution is -2.09. The third kappa shape index (κ3) is 4.06. The molecule has 0 unspecified atom stereocenters. The highest BCUT2D eigenvalue weighted by atomic mass is 16.5. The standard InChI is InChI=1S/C13H21N3O/c1-4-7-11-12(14-8-5-2)15-10-16-13(11)17-9-6-3/h6,10H,3-5,7-9H2,1-2H3,(H,14,15,16). The first-order valence-corrected chi connectivity index (χ1v) is 6.14. The van der Waals surface area contributed by atoms with E-state index in [9.17, 15) is 0 Å². The molecule has 0 saturated carbocycles. The quantitative estimate of drug-likeness (QED) is 0.704. The summed E-state index contributed by atoms with van der Waals surface area (Å²) in [6.45, 7) is 9.28. The van der Waals surface area contributed by atoms with Gasteiger partial charge in [0.25, 0.3) is 0 Å². The Hall–Kier alpha value is -1.58. The summed E-state index contributed by atoms with van der Waals surface area (Å²) in [7, 11) is 0. The maximum absolute atomic E-state index is 5.55.